The number of Topliss-reactive ketones (excluding diaryl/α,β-unsaturated/α-hetero) is 1. The minimum absolute atomic E-state index is 0.0679. The molecule has 2 aromatic heterocycles. The van der Waals surface area contributed by atoms with Crippen LogP contribution in [0.4, 0.5) is 0 Å². The summed E-state index contributed by atoms with van der Waals surface area (Å²) in [6.07, 6.45) is 1.65. The van der Waals surface area contributed by atoms with Crippen LogP contribution in [0, 0.1) is 0 Å². The zero-order chi connectivity index (χ0) is 22.9. The number of rotatable bonds is 8. The van der Waals surface area contributed by atoms with Crippen LogP contribution in [-0.4, -0.2) is 51.9 Å². The minimum atomic E-state index is -3.22. The number of sulfonamides is 1. The summed E-state index contributed by atoms with van der Waals surface area (Å²) >= 11 is 1.26. The van der Waals surface area contributed by atoms with E-state index in [1.54, 1.807) is 35.7 Å². The largest absolute Gasteiger partial charge is 0.293 e. The molecular weight excluding hydrogens is 450 g/mol. The van der Waals surface area contributed by atoms with Crippen molar-refractivity contribution in [1.82, 2.24) is 23.9 Å². The van der Waals surface area contributed by atoms with Crippen LogP contribution in [0.1, 0.15) is 15.9 Å². The maximum absolute atomic E-state index is 12.7. The lowest BCUT2D eigenvalue weighted by Crippen LogP contribution is -2.24. The summed E-state index contributed by atoms with van der Waals surface area (Å²) in [4.78, 5) is 25.2. The second-order valence-electron chi connectivity index (χ2n) is 7.32. The maximum atomic E-state index is 12.7. The van der Waals surface area contributed by atoms with Crippen molar-refractivity contribution < 1.29 is 13.2 Å². The first-order valence-corrected chi connectivity index (χ1v) is 12.6. The van der Waals surface area contributed by atoms with Gasteiger partial charge in [0, 0.05) is 19.2 Å². The van der Waals surface area contributed by atoms with Crippen LogP contribution in [0.25, 0.3) is 16.7 Å². The van der Waals surface area contributed by atoms with Crippen LogP contribution in [0.15, 0.2) is 58.5 Å². The van der Waals surface area contributed by atoms with E-state index >= 15 is 0 Å². The van der Waals surface area contributed by atoms with Gasteiger partial charge in [-0.25, -0.2) is 13.1 Å². The lowest BCUT2D eigenvalue weighted by molar-refractivity contribution is 0.102. The fourth-order valence-corrected chi connectivity index (χ4v) is 4.66. The quantitative estimate of drug-likeness (QED) is 0.307. The molecule has 0 saturated heterocycles. The van der Waals surface area contributed by atoms with Crippen molar-refractivity contribution in [2.75, 3.05) is 18.6 Å². The number of aromatic nitrogens is 4. The molecular formula is C21H21N5O4S2. The van der Waals surface area contributed by atoms with E-state index in [1.807, 2.05) is 24.3 Å². The standard InChI is InChI=1S/C21H21N5O4S2/c1-25-19(28)16-5-3-4-6-17(16)26-20(25)23-24-21(26)31-13-18(27)15-9-7-14(8-10-15)11-12-22-32(2,29)30/h3-10,22H,11-13H2,1-2H3. The first kappa shape index (κ1) is 22.2. The monoisotopic (exact) mass is 471 g/mol. The first-order valence-electron chi connectivity index (χ1n) is 9.77. The number of para-hydroxylation sites is 1. The third-order valence-corrected chi connectivity index (χ3v) is 6.64. The zero-order valence-electron chi connectivity index (χ0n) is 17.5. The van der Waals surface area contributed by atoms with E-state index in [0.717, 1.165) is 11.8 Å². The summed E-state index contributed by atoms with van der Waals surface area (Å²) in [5.74, 6) is 0.504. The van der Waals surface area contributed by atoms with Crippen LogP contribution in [0.5, 0.6) is 0 Å². The average Bonchev–Trinajstić information content (AvgIpc) is 3.20. The number of hydrogen-bond acceptors (Lipinski definition) is 7. The third kappa shape index (κ3) is 4.59. The van der Waals surface area contributed by atoms with Gasteiger partial charge in [-0.2, -0.15) is 0 Å². The third-order valence-electron chi connectivity index (χ3n) is 4.98. The fraction of sp³-hybridized carbons (Fsp3) is 0.238. The smallest absolute Gasteiger partial charge is 0.262 e. The Balaban J connectivity index is 1.49. The lowest BCUT2D eigenvalue weighted by atomic mass is 10.1. The summed E-state index contributed by atoms with van der Waals surface area (Å²) in [5.41, 5.74) is 2.03. The molecule has 0 amide bonds. The number of carbonyl (C=O) groups is 1. The van der Waals surface area contributed by atoms with Crippen molar-refractivity contribution in [3.05, 3.63) is 70.0 Å². The highest BCUT2D eigenvalue weighted by Gasteiger charge is 2.16. The highest BCUT2D eigenvalue weighted by Crippen LogP contribution is 2.22. The second-order valence-corrected chi connectivity index (χ2v) is 10.1. The van der Waals surface area contributed by atoms with E-state index < -0.39 is 10.0 Å². The fourth-order valence-electron chi connectivity index (χ4n) is 3.36. The molecule has 11 heteroatoms. The molecule has 32 heavy (non-hydrogen) atoms. The van der Waals surface area contributed by atoms with Crippen LogP contribution in [-0.2, 0) is 23.5 Å². The van der Waals surface area contributed by atoms with E-state index in [9.17, 15) is 18.0 Å². The summed E-state index contributed by atoms with van der Waals surface area (Å²) in [7, 11) is -1.57. The highest BCUT2D eigenvalue weighted by atomic mass is 32.2. The Morgan fingerprint density at radius 1 is 1.09 bits per heavy atom. The molecule has 2 heterocycles. The maximum Gasteiger partial charge on any atom is 0.262 e. The van der Waals surface area contributed by atoms with Gasteiger partial charge in [-0.3, -0.25) is 18.6 Å². The summed E-state index contributed by atoms with van der Waals surface area (Å²) in [6, 6.07) is 14.3. The minimum Gasteiger partial charge on any atom is -0.293 e. The Hall–Kier alpha value is -3.02. The molecule has 166 valence electrons. The molecule has 0 unspecified atom stereocenters. The van der Waals surface area contributed by atoms with Crippen molar-refractivity contribution in [3.63, 3.8) is 0 Å². The number of thioether (sulfide) groups is 1. The number of carbonyl (C=O) groups excluding carboxylic acids is 1. The van der Waals surface area contributed by atoms with Crippen LogP contribution >= 0.6 is 11.8 Å². The second kappa shape index (κ2) is 8.85. The van der Waals surface area contributed by atoms with Gasteiger partial charge in [-0.1, -0.05) is 48.2 Å². The number of nitrogens with one attached hydrogen (secondary N) is 1. The van der Waals surface area contributed by atoms with Crippen LogP contribution < -0.4 is 10.3 Å². The van der Waals surface area contributed by atoms with Crippen molar-refractivity contribution in [2.24, 2.45) is 7.05 Å². The van der Waals surface area contributed by atoms with E-state index in [0.29, 0.717) is 40.4 Å². The highest BCUT2D eigenvalue weighted by molar-refractivity contribution is 7.99. The molecule has 0 aliphatic heterocycles. The molecule has 0 spiro atoms. The van der Waals surface area contributed by atoms with E-state index in [-0.39, 0.29) is 17.1 Å². The average molecular weight is 472 g/mol. The number of aryl methyl sites for hydroxylation is 1. The number of nitrogens with zero attached hydrogens (tertiary/aromatic N) is 4. The van der Waals surface area contributed by atoms with Gasteiger partial charge < -0.3 is 0 Å². The Bertz CT molecular complexity index is 1470. The predicted molar refractivity (Wildman–Crippen MR) is 124 cm³/mol. The van der Waals surface area contributed by atoms with E-state index in [4.69, 9.17) is 0 Å². The zero-order valence-corrected chi connectivity index (χ0v) is 19.1. The van der Waals surface area contributed by atoms with E-state index in [1.165, 1.54) is 16.3 Å². The van der Waals surface area contributed by atoms with Gasteiger partial charge in [0.15, 0.2) is 10.9 Å². The van der Waals surface area contributed by atoms with Gasteiger partial charge in [0.05, 0.1) is 22.9 Å². The Morgan fingerprint density at radius 2 is 1.81 bits per heavy atom. The van der Waals surface area contributed by atoms with Gasteiger partial charge >= 0.3 is 0 Å². The van der Waals surface area contributed by atoms with Crippen molar-refractivity contribution >= 4 is 44.2 Å². The SMILES string of the molecule is Cn1c(=O)c2ccccc2n2c(SCC(=O)c3ccc(CCNS(C)(=O)=O)cc3)nnc12. The van der Waals surface area contributed by atoms with Crippen molar-refractivity contribution in [1.29, 1.82) is 0 Å². The molecule has 0 atom stereocenters. The van der Waals surface area contributed by atoms with Crippen molar-refractivity contribution in [3.8, 4) is 0 Å². The normalized spacial score (nSPS) is 11.9. The Labute approximate surface area is 188 Å². The summed E-state index contributed by atoms with van der Waals surface area (Å²) in [5, 5.41) is 9.40. The van der Waals surface area contributed by atoms with Crippen molar-refractivity contribution in [2.45, 2.75) is 11.6 Å². The number of benzene rings is 2. The van der Waals surface area contributed by atoms with Gasteiger partial charge in [-0.15, -0.1) is 10.2 Å². The molecule has 0 saturated carbocycles. The summed E-state index contributed by atoms with van der Waals surface area (Å²) in [6.45, 7) is 0.304. The first-order chi connectivity index (χ1) is 15.2. The molecule has 0 radical (unpaired) electrons. The predicted octanol–water partition coefficient (Wildman–Crippen LogP) is 1.65. The van der Waals surface area contributed by atoms with Crippen LogP contribution in [0.3, 0.4) is 0 Å². The van der Waals surface area contributed by atoms with Crippen LogP contribution in [0.2, 0.25) is 0 Å². The Kier molecular flexibility index (Phi) is 6.13. The van der Waals surface area contributed by atoms with Gasteiger partial charge in [0.25, 0.3) is 5.56 Å². The molecule has 2 aromatic carbocycles. The molecule has 4 aromatic rings. The molecule has 0 bridgehead atoms. The summed E-state index contributed by atoms with van der Waals surface area (Å²) < 4.78 is 27.9. The molecule has 0 fully saturated rings. The molecule has 0 aliphatic rings. The van der Waals surface area contributed by atoms with Gasteiger partial charge in [-0.05, 0) is 24.1 Å². The Morgan fingerprint density at radius 3 is 2.53 bits per heavy atom. The molecule has 9 nitrogen and oxygen atoms in total. The number of fused-ring (bicyclic) bond motifs is 3. The van der Waals surface area contributed by atoms with E-state index in [2.05, 4.69) is 14.9 Å². The number of ketones is 1. The number of hydrogen-bond donors (Lipinski definition) is 1. The van der Waals surface area contributed by atoms with Gasteiger partial charge in [0.2, 0.25) is 15.8 Å². The molecule has 0 aliphatic carbocycles. The van der Waals surface area contributed by atoms with Gasteiger partial charge in [0.1, 0.15) is 0 Å². The topological polar surface area (TPSA) is 115 Å². The molecule has 1 N–H and O–H groups in total. The lowest BCUT2D eigenvalue weighted by Gasteiger charge is -2.07. The molecule has 4 rings (SSSR count).